The number of phenolic OH excluding ortho intramolecular Hbond substituents is 1. The Hall–Kier alpha value is -3.77. The van der Waals surface area contributed by atoms with Crippen LogP contribution in [0.2, 0.25) is 0 Å². The molecule has 6 heteroatoms. The zero-order valence-corrected chi connectivity index (χ0v) is 18.0. The number of benzene rings is 3. The fourth-order valence-corrected chi connectivity index (χ4v) is 4.76. The summed E-state index contributed by atoms with van der Waals surface area (Å²) >= 11 is 1.36. The number of hydrogen-bond acceptors (Lipinski definition) is 4. The minimum Gasteiger partial charge on any atom is -0.508 e. The number of rotatable bonds is 5. The van der Waals surface area contributed by atoms with E-state index in [0.29, 0.717) is 23.0 Å². The van der Waals surface area contributed by atoms with Gasteiger partial charge in [-0.1, -0.05) is 48.5 Å². The molecule has 158 valence electrons. The molecule has 0 saturated carbocycles. The first kappa shape index (κ1) is 20.2. The van der Waals surface area contributed by atoms with Gasteiger partial charge in [0.15, 0.2) is 5.17 Å². The Balaban J connectivity index is 1.45. The number of H-pyrrole nitrogens is 1. The summed E-state index contributed by atoms with van der Waals surface area (Å²) in [5, 5.41) is 11.6. The third kappa shape index (κ3) is 4.18. The molecule has 1 aliphatic rings. The second kappa shape index (κ2) is 8.77. The maximum absolute atomic E-state index is 13.3. The fourth-order valence-electron chi connectivity index (χ4n) is 3.74. The van der Waals surface area contributed by atoms with E-state index in [0.717, 1.165) is 16.8 Å². The van der Waals surface area contributed by atoms with Crippen LogP contribution in [0.25, 0.3) is 17.0 Å². The van der Waals surface area contributed by atoms with E-state index in [2.05, 4.69) is 11.1 Å². The minimum absolute atomic E-state index is 0.0761. The van der Waals surface area contributed by atoms with Crippen LogP contribution in [0.15, 0.2) is 95.0 Å². The molecule has 2 heterocycles. The smallest absolute Gasteiger partial charge is 0.266 e. The molecule has 0 bridgehead atoms. The first-order valence-corrected chi connectivity index (χ1v) is 11.2. The number of thioether (sulfide) groups is 1. The van der Waals surface area contributed by atoms with Crippen molar-refractivity contribution in [1.29, 1.82) is 0 Å². The van der Waals surface area contributed by atoms with Crippen LogP contribution in [0.4, 0.5) is 5.69 Å². The van der Waals surface area contributed by atoms with E-state index in [-0.39, 0.29) is 11.7 Å². The van der Waals surface area contributed by atoms with Crippen LogP contribution in [-0.2, 0) is 11.2 Å². The molecule has 1 saturated heterocycles. The minimum atomic E-state index is -0.0761. The summed E-state index contributed by atoms with van der Waals surface area (Å²) in [5.74, 6) is 0.0945. The van der Waals surface area contributed by atoms with Crippen LogP contribution >= 0.6 is 11.8 Å². The van der Waals surface area contributed by atoms with Crippen LogP contribution < -0.4 is 0 Å². The van der Waals surface area contributed by atoms with Gasteiger partial charge in [-0.05, 0) is 65.7 Å². The third-order valence-corrected chi connectivity index (χ3v) is 6.32. The zero-order chi connectivity index (χ0) is 21.9. The number of aromatic amines is 1. The fraction of sp³-hybridized carbons (Fsp3) is 0.0769. The number of amides is 1. The topological polar surface area (TPSA) is 68.7 Å². The average Bonchev–Trinajstić information content (AvgIpc) is 3.34. The Morgan fingerprint density at radius 2 is 1.81 bits per heavy atom. The summed E-state index contributed by atoms with van der Waals surface area (Å²) in [6.07, 6.45) is 4.53. The molecule has 3 aromatic carbocycles. The maximum Gasteiger partial charge on any atom is 0.266 e. The van der Waals surface area contributed by atoms with Crippen molar-refractivity contribution < 1.29 is 9.90 Å². The molecule has 1 amide bonds. The number of carbonyl (C=O) groups is 1. The highest BCUT2D eigenvalue weighted by atomic mass is 32.2. The van der Waals surface area contributed by atoms with Gasteiger partial charge in [-0.25, -0.2) is 4.99 Å². The first-order valence-electron chi connectivity index (χ1n) is 10.4. The number of amidine groups is 1. The maximum atomic E-state index is 13.3. The highest BCUT2D eigenvalue weighted by Crippen LogP contribution is 2.35. The number of nitrogens with zero attached hydrogens (tertiary/aromatic N) is 2. The summed E-state index contributed by atoms with van der Waals surface area (Å²) in [6, 6.07) is 24.7. The molecule has 32 heavy (non-hydrogen) atoms. The van der Waals surface area contributed by atoms with Crippen molar-refractivity contribution >= 4 is 45.5 Å². The Bertz CT molecular complexity index is 1340. The van der Waals surface area contributed by atoms with E-state index in [4.69, 9.17) is 4.99 Å². The van der Waals surface area contributed by atoms with Crippen molar-refractivity contribution in [2.24, 2.45) is 4.99 Å². The lowest BCUT2D eigenvalue weighted by Crippen LogP contribution is -2.31. The van der Waals surface area contributed by atoms with Crippen molar-refractivity contribution in [3.63, 3.8) is 0 Å². The molecule has 1 aliphatic heterocycles. The zero-order valence-electron chi connectivity index (χ0n) is 17.2. The van der Waals surface area contributed by atoms with Gasteiger partial charge in [-0.15, -0.1) is 0 Å². The van der Waals surface area contributed by atoms with Gasteiger partial charge in [0, 0.05) is 23.6 Å². The molecule has 2 N–H and O–H groups in total. The van der Waals surface area contributed by atoms with E-state index >= 15 is 0 Å². The monoisotopic (exact) mass is 439 g/mol. The molecule has 0 spiro atoms. The Morgan fingerprint density at radius 1 is 1.00 bits per heavy atom. The lowest BCUT2D eigenvalue weighted by molar-refractivity contribution is -0.122. The molecule has 5 nitrogen and oxygen atoms in total. The van der Waals surface area contributed by atoms with Crippen LogP contribution in [0, 0.1) is 0 Å². The summed E-state index contributed by atoms with van der Waals surface area (Å²) in [7, 11) is 0. The molecular weight excluding hydrogens is 418 g/mol. The highest BCUT2D eigenvalue weighted by molar-refractivity contribution is 8.18. The van der Waals surface area contributed by atoms with Crippen LogP contribution in [0.5, 0.6) is 5.75 Å². The number of phenols is 1. The lowest BCUT2D eigenvalue weighted by atomic mass is 10.1. The largest absolute Gasteiger partial charge is 0.508 e. The normalized spacial score (nSPS) is 16.5. The number of aromatic hydroxyl groups is 1. The SMILES string of the molecule is O=C1/C(=C/c2cccc(O)c2)SC(=Nc2ccccc2)N1CCc1c[nH]c2ccccc12. The molecule has 4 aromatic rings. The number of para-hydroxylation sites is 2. The quantitative estimate of drug-likeness (QED) is 0.391. The molecule has 0 unspecified atom stereocenters. The van der Waals surface area contributed by atoms with Crippen molar-refractivity contribution in [3.05, 3.63) is 101 Å². The van der Waals surface area contributed by atoms with E-state index in [9.17, 15) is 9.90 Å². The van der Waals surface area contributed by atoms with Crippen LogP contribution in [-0.4, -0.2) is 32.6 Å². The molecule has 1 aromatic heterocycles. The van der Waals surface area contributed by atoms with Crippen molar-refractivity contribution in [3.8, 4) is 5.75 Å². The molecule has 1 fully saturated rings. The first-order chi connectivity index (χ1) is 15.7. The number of nitrogens with one attached hydrogen (secondary N) is 1. The third-order valence-electron chi connectivity index (χ3n) is 5.32. The van der Waals surface area contributed by atoms with Gasteiger partial charge in [0.25, 0.3) is 5.91 Å². The Kier molecular flexibility index (Phi) is 5.52. The van der Waals surface area contributed by atoms with Gasteiger partial charge < -0.3 is 10.1 Å². The highest BCUT2D eigenvalue weighted by Gasteiger charge is 2.33. The summed E-state index contributed by atoms with van der Waals surface area (Å²) in [4.78, 5) is 23.7. The molecular formula is C26H21N3O2S. The molecule has 0 aliphatic carbocycles. The summed E-state index contributed by atoms with van der Waals surface area (Å²) < 4.78 is 0. The van der Waals surface area contributed by atoms with Crippen molar-refractivity contribution in [1.82, 2.24) is 9.88 Å². The predicted molar refractivity (Wildman–Crippen MR) is 131 cm³/mol. The van der Waals surface area contributed by atoms with E-state index in [1.807, 2.05) is 60.8 Å². The Morgan fingerprint density at radius 3 is 2.66 bits per heavy atom. The number of aromatic nitrogens is 1. The van der Waals surface area contributed by atoms with Gasteiger partial charge in [0.2, 0.25) is 0 Å². The molecule has 0 atom stereocenters. The summed E-state index contributed by atoms with van der Waals surface area (Å²) in [5.41, 5.74) is 3.84. The van der Waals surface area contributed by atoms with Gasteiger partial charge in [-0.2, -0.15) is 0 Å². The standard InChI is InChI=1S/C26H21N3O2S/c30-21-10-6-7-18(15-21)16-24-25(31)29(26(32-24)28-20-8-2-1-3-9-20)14-13-19-17-27-23-12-5-4-11-22(19)23/h1-12,15-17,27,30H,13-14H2/b24-16-,28-26?. The summed E-state index contributed by atoms with van der Waals surface area (Å²) in [6.45, 7) is 0.525. The lowest BCUT2D eigenvalue weighted by Gasteiger charge is -2.15. The second-order valence-electron chi connectivity index (χ2n) is 7.50. The molecule has 0 radical (unpaired) electrons. The van der Waals surface area contributed by atoms with Crippen LogP contribution in [0.3, 0.4) is 0 Å². The molecule has 5 rings (SSSR count). The van der Waals surface area contributed by atoms with Crippen molar-refractivity contribution in [2.75, 3.05) is 6.54 Å². The van der Waals surface area contributed by atoms with Gasteiger partial charge in [0.05, 0.1) is 10.6 Å². The van der Waals surface area contributed by atoms with Gasteiger partial charge in [-0.3, -0.25) is 9.69 Å². The number of fused-ring (bicyclic) bond motifs is 1. The number of aliphatic imine (C=N–C) groups is 1. The number of carbonyl (C=O) groups excluding carboxylic acids is 1. The number of hydrogen-bond donors (Lipinski definition) is 2. The second-order valence-corrected chi connectivity index (χ2v) is 8.51. The average molecular weight is 440 g/mol. The van der Waals surface area contributed by atoms with E-state index < -0.39 is 0 Å². The van der Waals surface area contributed by atoms with Gasteiger partial charge >= 0.3 is 0 Å². The van der Waals surface area contributed by atoms with Gasteiger partial charge in [0.1, 0.15) is 5.75 Å². The Labute approximate surface area is 190 Å². The predicted octanol–water partition coefficient (Wildman–Crippen LogP) is 5.72. The van der Waals surface area contributed by atoms with E-state index in [1.165, 1.54) is 22.7 Å². The van der Waals surface area contributed by atoms with E-state index in [1.54, 1.807) is 29.2 Å². The van der Waals surface area contributed by atoms with Crippen molar-refractivity contribution in [2.45, 2.75) is 6.42 Å². The van der Waals surface area contributed by atoms with Crippen LogP contribution in [0.1, 0.15) is 11.1 Å².